The monoisotopic (exact) mass is 340 g/mol. The van der Waals surface area contributed by atoms with Crippen LogP contribution in [0.1, 0.15) is 11.1 Å². The van der Waals surface area contributed by atoms with Crippen molar-refractivity contribution in [3.05, 3.63) is 71.8 Å². The van der Waals surface area contributed by atoms with E-state index in [9.17, 15) is 9.59 Å². The van der Waals surface area contributed by atoms with Gasteiger partial charge in [-0.2, -0.15) is 0 Å². The Bertz CT molecular complexity index is 747. The number of hydrogen-bond acceptors (Lipinski definition) is 4. The van der Waals surface area contributed by atoms with Gasteiger partial charge in [-0.05, 0) is 11.1 Å². The molecule has 0 radical (unpaired) electrons. The zero-order valence-electron chi connectivity index (χ0n) is 14.1. The Morgan fingerprint density at radius 2 is 1.52 bits per heavy atom. The molecule has 1 heterocycles. The molecular weight excluding hydrogens is 320 g/mol. The van der Waals surface area contributed by atoms with Crippen LogP contribution < -0.4 is 5.32 Å². The van der Waals surface area contributed by atoms with Gasteiger partial charge in [-0.1, -0.05) is 60.7 Å². The average Bonchev–Trinajstić information content (AvgIpc) is 2.90. The third-order valence-electron chi connectivity index (χ3n) is 4.33. The summed E-state index contributed by atoms with van der Waals surface area (Å²) in [5, 5.41) is 2.79. The van der Waals surface area contributed by atoms with Gasteiger partial charge in [0.15, 0.2) is 11.8 Å². The molecular formula is C19H20N2O4. The fraction of sp³-hybridized carbons (Fsp3) is 0.263. The largest absolute Gasteiger partial charge is 0.353 e. The number of amides is 3. The molecule has 1 aliphatic heterocycles. The van der Waals surface area contributed by atoms with Crippen molar-refractivity contribution >= 4 is 11.9 Å². The van der Waals surface area contributed by atoms with Gasteiger partial charge in [0.05, 0.1) is 6.54 Å². The highest BCUT2D eigenvalue weighted by Gasteiger charge is 2.58. The summed E-state index contributed by atoms with van der Waals surface area (Å²) in [6, 6.07) is 17.9. The Balaban J connectivity index is 2.02. The lowest BCUT2D eigenvalue weighted by Crippen LogP contribution is -2.55. The highest BCUT2D eigenvalue weighted by molar-refractivity contribution is 6.07. The maximum absolute atomic E-state index is 13.3. The van der Waals surface area contributed by atoms with Gasteiger partial charge in [0.1, 0.15) is 0 Å². The van der Waals surface area contributed by atoms with E-state index >= 15 is 0 Å². The van der Waals surface area contributed by atoms with Gasteiger partial charge in [0, 0.05) is 14.2 Å². The fourth-order valence-electron chi connectivity index (χ4n) is 3.15. The van der Waals surface area contributed by atoms with Crippen LogP contribution in [0.25, 0.3) is 0 Å². The van der Waals surface area contributed by atoms with Gasteiger partial charge in [-0.25, -0.2) is 4.79 Å². The molecule has 25 heavy (non-hydrogen) atoms. The molecule has 1 fully saturated rings. The number of hydrogen-bond donors (Lipinski definition) is 1. The lowest BCUT2D eigenvalue weighted by atomic mass is 9.88. The number of nitrogens with zero attached hydrogens (tertiary/aromatic N) is 1. The SMILES string of the molecule is COC(OC)[C@@]1(c2ccccc2)NC(=O)N(Cc2ccccc2)C1=O. The summed E-state index contributed by atoms with van der Waals surface area (Å²) in [6.45, 7) is 0.181. The van der Waals surface area contributed by atoms with Gasteiger partial charge in [-0.15, -0.1) is 0 Å². The number of carbonyl (C=O) groups excluding carboxylic acids is 2. The van der Waals surface area contributed by atoms with Gasteiger partial charge in [-0.3, -0.25) is 9.69 Å². The minimum atomic E-state index is -1.42. The maximum Gasteiger partial charge on any atom is 0.325 e. The van der Waals surface area contributed by atoms with E-state index in [-0.39, 0.29) is 6.54 Å². The molecule has 2 aromatic carbocycles. The summed E-state index contributed by atoms with van der Waals surface area (Å²) in [7, 11) is 2.89. The molecule has 0 unspecified atom stereocenters. The molecule has 3 rings (SSSR count). The number of imide groups is 1. The highest BCUT2D eigenvalue weighted by atomic mass is 16.7. The second-order valence-corrected chi connectivity index (χ2v) is 5.78. The number of methoxy groups -OCH3 is 2. The molecule has 130 valence electrons. The minimum Gasteiger partial charge on any atom is -0.353 e. The van der Waals surface area contributed by atoms with Crippen molar-refractivity contribution in [2.24, 2.45) is 0 Å². The molecule has 0 aromatic heterocycles. The van der Waals surface area contributed by atoms with Crippen molar-refractivity contribution in [3.8, 4) is 0 Å². The Kier molecular flexibility index (Phi) is 4.83. The smallest absolute Gasteiger partial charge is 0.325 e. The van der Waals surface area contributed by atoms with E-state index in [0.29, 0.717) is 5.56 Å². The second kappa shape index (κ2) is 7.04. The summed E-state index contributed by atoms with van der Waals surface area (Å²) in [5.41, 5.74) is 0.0511. The van der Waals surface area contributed by atoms with Gasteiger partial charge in [0.25, 0.3) is 5.91 Å². The van der Waals surface area contributed by atoms with Gasteiger partial charge >= 0.3 is 6.03 Å². The summed E-state index contributed by atoms with van der Waals surface area (Å²) < 4.78 is 10.7. The normalized spacial score (nSPS) is 20.2. The van der Waals surface area contributed by atoms with Crippen LogP contribution in [0.5, 0.6) is 0 Å². The molecule has 2 aromatic rings. The second-order valence-electron chi connectivity index (χ2n) is 5.78. The average molecular weight is 340 g/mol. The lowest BCUT2D eigenvalue weighted by molar-refractivity contribution is -0.170. The molecule has 0 spiro atoms. The zero-order valence-corrected chi connectivity index (χ0v) is 14.1. The van der Waals surface area contributed by atoms with Crippen LogP contribution in [0.3, 0.4) is 0 Å². The summed E-state index contributed by atoms with van der Waals surface area (Å²) >= 11 is 0. The summed E-state index contributed by atoms with van der Waals surface area (Å²) in [6.07, 6.45) is -0.952. The Hall–Kier alpha value is -2.70. The predicted octanol–water partition coefficient (Wildman–Crippen LogP) is 2.25. The number of nitrogens with one attached hydrogen (secondary N) is 1. The van der Waals surface area contributed by atoms with Crippen LogP contribution >= 0.6 is 0 Å². The van der Waals surface area contributed by atoms with E-state index in [1.807, 2.05) is 36.4 Å². The van der Waals surface area contributed by atoms with Crippen molar-refractivity contribution in [1.82, 2.24) is 10.2 Å². The first-order valence-electron chi connectivity index (χ1n) is 7.92. The first-order chi connectivity index (χ1) is 12.1. The maximum atomic E-state index is 13.3. The topological polar surface area (TPSA) is 67.9 Å². The lowest BCUT2D eigenvalue weighted by Gasteiger charge is -2.33. The quantitative estimate of drug-likeness (QED) is 0.647. The van der Waals surface area contributed by atoms with Crippen LogP contribution in [0.15, 0.2) is 60.7 Å². The van der Waals surface area contributed by atoms with Crippen molar-refractivity contribution in [2.45, 2.75) is 18.4 Å². The Morgan fingerprint density at radius 3 is 2.08 bits per heavy atom. The van der Waals surface area contributed by atoms with Crippen molar-refractivity contribution in [1.29, 1.82) is 0 Å². The molecule has 0 saturated carbocycles. The van der Waals surface area contributed by atoms with E-state index in [0.717, 1.165) is 5.56 Å². The number of urea groups is 1. The zero-order chi connectivity index (χ0) is 17.9. The number of benzene rings is 2. The minimum absolute atomic E-state index is 0.181. The molecule has 1 N–H and O–H groups in total. The van der Waals surface area contributed by atoms with E-state index in [2.05, 4.69) is 5.32 Å². The predicted molar refractivity (Wildman–Crippen MR) is 91.4 cm³/mol. The molecule has 1 aliphatic rings. The van der Waals surface area contributed by atoms with E-state index < -0.39 is 23.8 Å². The van der Waals surface area contributed by atoms with E-state index in [1.54, 1.807) is 24.3 Å². The van der Waals surface area contributed by atoms with Crippen LogP contribution in [-0.4, -0.2) is 37.3 Å². The third-order valence-corrected chi connectivity index (χ3v) is 4.33. The molecule has 0 aliphatic carbocycles. The number of carbonyl (C=O) groups is 2. The first-order valence-corrected chi connectivity index (χ1v) is 7.92. The summed E-state index contributed by atoms with van der Waals surface area (Å²) in [4.78, 5) is 27.1. The van der Waals surface area contributed by atoms with Crippen molar-refractivity contribution < 1.29 is 19.1 Å². The van der Waals surface area contributed by atoms with Crippen molar-refractivity contribution in [3.63, 3.8) is 0 Å². The van der Waals surface area contributed by atoms with Crippen molar-refractivity contribution in [2.75, 3.05) is 14.2 Å². The fourth-order valence-corrected chi connectivity index (χ4v) is 3.15. The molecule has 1 atom stereocenters. The van der Waals surface area contributed by atoms with E-state index in [1.165, 1.54) is 19.1 Å². The van der Waals surface area contributed by atoms with Crippen LogP contribution in [0.4, 0.5) is 4.79 Å². The van der Waals surface area contributed by atoms with Gasteiger partial charge < -0.3 is 14.8 Å². The summed E-state index contributed by atoms with van der Waals surface area (Å²) in [5.74, 6) is -0.402. The molecule has 6 heteroatoms. The van der Waals surface area contributed by atoms with Crippen LogP contribution in [0.2, 0.25) is 0 Å². The standard InChI is InChI=1S/C19H20N2O4/c1-24-17(25-2)19(15-11-7-4-8-12-15)16(22)21(18(23)20-19)13-14-9-5-3-6-10-14/h3-12,17H,13H2,1-2H3,(H,20,23)/t19-/m0/s1. The molecule has 3 amide bonds. The molecule has 0 bridgehead atoms. The highest BCUT2D eigenvalue weighted by Crippen LogP contribution is 2.35. The van der Waals surface area contributed by atoms with Crippen LogP contribution in [0, 0.1) is 0 Å². The Morgan fingerprint density at radius 1 is 0.960 bits per heavy atom. The van der Waals surface area contributed by atoms with E-state index in [4.69, 9.17) is 9.47 Å². The molecule has 6 nitrogen and oxygen atoms in total. The Labute approximate surface area is 146 Å². The third kappa shape index (κ3) is 2.90. The van der Waals surface area contributed by atoms with Gasteiger partial charge in [0.2, 0.25) is 0 Å². The van der Waals surface area contributed by atoms with Crippen LogP contribution in [-0.2, 0) is 26.4 Å². The number of ether oxygens (including phenoxy) is 2. The number of rotatable bonds is 6. The molecule has 1 saturated heterocycles. The first kappa shape index (κ1) is 17.1.